The van der Waals surface area contributed by atoms with Crippen molar-refractivity contribution in [2.24, 2.45) is 0 Å². The molecule has 1 aromatic rings. The maximum absolute atomic E-state index is 5.78. The van der Waals surface area contributed by atoms with Gasteiger partial charge in [0.1, 0.15) is 0 Å². The van der Waals surface area contributed by atoms with E-state index in [1.807, 2.05) is 25.8 Å². The molecule has 15 heavy (non-hydrogen) atoms. The van der Waals surface area contributed by atoms with Crippen LogP contribution in [0.15, 0.2) is 6.07 Å². The van der Waals surface area contributed by atoms with Crippen molar-refractivity contribution in [2.75, 3.05) is 24.9 Å². The fourth-order valence-corrected chi connectivity index (χ4v) is 1.29. The van der Waals surface area contributed by atoms with Crippen LogP contribution in [0.3, 0.4) is 0 Å². The Hall–Kier alpha value is -1.03. The lowest BCUT2D eigenvalue weighted by Gasteiger charge is -2.23. The summed E-state index contributed by atoms with van der Waals surface area (Å²) in [6.07, 6.45) is 0. The zero-order chi connectivity index (χ0) is 11.4. The van der Waals surface area contributed by atoms with Gasteiger partial charge in [-0.15, -0.1) is 11.6 Å². The van der Waals surface area contributed by atoms with Crippen molar-refractivity contribution in [3.63, 3.8) is 0 Å². The predicted molar refractivity (Wildman–Crippen MR) is 61.9 cm³/mol. The first-order valence-corrected chi connectivity index (χ1v) is 5.30. The third kappa shape index (κ3) is 2.96. The van der Waals surface area contributed by atoms with Crippen molar-refractivity contribution in [3.8, 4) is 5.88 Å². The lowest BCUT2D eigenvalue weighted by atomic mass is 10.3. The van der Waals surface area contributed by atoms with Gasteiger partial charge in [0, 0.05) is 30.7 Å². The molecule has 1 heterocycles. The largest absolute Gasteiger partial charge is 0.481 e. The Morgan fingerprint density at radius 1 is 1.53 bits per heavy atom. The number of ether oxygens (including phenoxy) is 1. The molecule has 84 valence electrons. The first-order valence-electron chi connectivity index (χ1n) is 4.77. The molecule has 0 aromatic carbocycles. The monoisotopic (exact) mass is 229 g/mol. The van der Waals surface area contributed by atoms with Gasteiger partial charge in [0.2, 0.25) is 11.8 Å². The Morgan fingerprint density at radius 3 is 2.73 bits per heavy atom. The van der Waals surface area contributed by atoms with Crippen molar-refractivity contribution in [2.45, 2.75) is 19.9 Å². The number of nitrogens with zero attached hydrogens (tertiary/aromatic N) is 3. The van der Waals surface area contributed by atoms with Crippen LogP contribution in [0.1, 0.15) is 12.6 Å². The van der Waals surface area contributed by atoms with Crippen molar-refractivity contribution < 1.29 is 4.74 Å². The van der Waals surface area contributed by atoms with Crippen molar-refractivity contribution in [3.05, 3.63) is 11.8 Å². The van der Waals surface area contributed by atoms with E-state index in [1.54, 1.807) is 13.2 Å². The second kappa shape index (κ2) is 5.16. The molecule has 0 amide bonds. The van der Waals surface area contributed by atoms with E-state index >= 15 is 0 Å². The maximum atomic E-state index is 5.78. The van der Waals surface area contributed by atoms with E-state index in [-0.39, 0.29) is 6.04 Å². The minimum absolute atomic E-state index is 0.193. The molecule has 1 atom stereocenters. The highest BCUT2D eigenvalue weighted by molar-refractivity contribution is 6.18. The summed E-state index contributed by atoms with van der Waals surface area (Å²) in [7, 11) is 3.51. The molecule has 0 radical (unpaired) electrons. The van der Waals surface area contributed by atoms with Crippen LogP contribution < -0.4 is 9.64 Å². The molecule has 0 aliphatic carbocycles. The molecule has 0 saturated heterocycles. The Bertz CT molecular complexity index is 332. The Balaban J connectivity index is 2.97. The molecule has 0 N–H and O–H groups in total. The number of halogens is 1. The summed E-state index contributed by atoms with van der Waals surface area (Å²) < 4.78 is 5.09. The number of hydrogen-bond donors (Lipinski definition) is 0. The number of methoxy groups -OCH3 is 1. The summed E-state index contributed by atoms with van der Waals surface area (Å²) in [6.45, 7) is 3.93. The zero-order valence-corrected chi connectivity index (χ0v) is 10.2. The van der Waals surface area contributed by atoms with Gasteiger partial charge >= 0.3 is 0 Å². The molecule has 1 rings (SSSR count). The summed E-state index contributed by atoms with van der Waals surface area (Å²) in [5.41, 5.74) is 0.880. The highest BCUT2D eigenvalue weighted by Gasteiger charge is 2.12. The Labute approximate surface area is 95.2 Å². The van der Waals surface area contributed by atoms with Crippen LogP contribution in [0.4, 0.5) is 5.95 Å². The highest BCUT2D eigenvalue weighted by Crippen LogP contribution is 2.16. The minimum atomic E-state index is 0.193. The lowest BCUT2D eigenvalue weighted by molar-refractivity contribution is 0.396. The van der Waals surface area contributed by atoms with Gasteiger partial charge in [-0.1, -0.05) is 0 Å². The molecular formula is C10H16ClN3O. The summed E-state index contributed by atoms with van der Waals surface area (Å²) in [5.74, 6) is 1.75. The van der Waals surface area contributed by atoms with Crippen LogP contribution >= 0.6 is 11.6 Å². The lowest BCUT2D eigenvalue weighted by Crippen LogP contribution is -2.31. The van der Waals surface area contributed by atoms with Gasteiger partial charge in [0.25, 0.3) is 0 Å². The molecule has 0 fully saturated rings. The minimum Gasteiger partial charge on any atom is -0.481 e. The molecule has 0 aliphatic heterocycles. The normalized spacial score (nSPS) is 12.3. The average molecular weight is 230 g/mol. The Kier molecular flexibility index (Phi) is 4.15. The fraction of sp³-hybridized carbons (Fsp3) is 0.600. The number of aromatic nitrogens is 2. The van der Waals surface area contributed by atoms with Crippen molar-refractivity contribution in [1.82, 2.24) is 9.97 Å². The van der Waals surface area contributed by atoms with Crippen LogP contribution in [0.2, 0.25) is 0 Å². The van der Waals surface area contributed by atoms with Gasteiger partial charge < -0.3 is 9.64 Å². The predicted octanol–water partition coefficient (Wildman–Crippen LogP) is 1.86. The number of rotatable bonds is 4. The summed E-state index contributed by atoms with van der Waals surface area (Å²) in [5, 5.41) is 0. The summed E-state index contributed by atoms with van der Waals surface area (Å²) in [6, 6.07) is 1.99. The first-order chi connectivity index (χ1) is 7.08. The molecule has 1 aromatic heterocycles. The van der Waals surface area contributed by atoms with Crippen LogP contribution in [-0.4, -0.2) is 36.0 Å². The number of anilines is 1. The van der Waals surface area contributed by atoms with E-state index in [0.29, 0.717) is 17.7 Å². The van der Waals surface area contributed by atoms with E-state index in [4.69, 9.17) is 16.3 Å². The summed E-state index contributed by atoms with van der Waals surface area (Å²) >= 11 is 5.78. The van der Waals surface area contributed by atoms with Gasteiger partial charge in [-0.25, -0.2) is 4.98 Å². The second-order valence-corrected chi connectivity index (χ2v) is 3.77. The van der Waals surface area contributed by atoms with E-state index in [9.17, 15) is 0 Å². The van der Waals surface area contributed by atoms with Gasteiger partial charge in [0.15, 0.2) is 0 Å². The van der Waals surface area contributed by atoms with E-state index in [2.05, 4.69) is 9.97 Å². The molecule has 1 unspecified atom stereocenters. The standard InChI is InChI=1S/C10H16ClN3O/c1-7-5-9(15-4)13-10(12-7)14(3)8(2)6-11/h5,8H,6H2,1-4H3. The topological polar surface area (TPSA) is 38.2 Å². The van der Waals surface area contributed by atoms with E-state index in [1.165, 1.54) is 0 Å². The Morgan fingerprint density at radius 2 is 2.20 bits per heavy atom. The number of hydrogen-bond acceptors (Lipinski definition) is 4. The molecule has 0 saturated carbocycles. The van der Waals surface area contributed by atoms with Crippen LogP contribution in [0.5, 0.6) is 5.88 Å². The van der Waals surface area contributed by atoms with Gasteiger partial charge in [-0.2, -0.15) is 4.98 Å². The third-order valence-electron chi connectivity index (χ3n) is 2.23. The third-order valence-corrected chi connectivity index (χ3v) is 2.67. The van der Waals surface area contributed by atoms with Crippen LogP contribution in [0, 0.1) is 6.92 Å². The quantitative estimate of drug-likeness (QED) is 0.739. The second-order valence-electron chi connectivity index (χ2n) is 3.47. The molecule has 4 nitrogen and oxygen atoms in total. The summed E-state index contributed by atoms with van der Waals surface area (Å²) in [4.78, 5) is 10.5. The number of aryl methyl sites for hydroxylation is 1. The zero-order valence-electron chi connectivity index (χ0n) is 9.49. The molecule has 0 spiro atoms. The average Bonchev–Trinajstić information content (AvgIpc) is 2.26. The molecular weight excluding hydrogens is 214 g/mol. The van der Waals surface area contributed by atoms with Crippen LogP contribution in [-0.2, 0) is 0 Å². The molecule has 0 aliphatic rings. The van der Waals surface area contributed by atoms with Gasteiger partial charge in [-0.05, 0) is 13.8 Å². The van der Waals surface area contributed by atoms with E-state index in [0.717, 1.165) is 5.69 Å². The maximum Gasteiger partial charge on any atom is 0.228 e. The first kappa shape index (κ1) is 12.0. The molecule has 0 bridgehead atoms. The van der Waals surface area contributed by atoms with Gasteiger partial charge in [0.05, 0.1) is 7.11 Å². The molecule has 5 heteroatoms. The van der Waals surface area contributed by atoms with Crippen molar-refractivity contribution in [1.29, 1.82) is 0 Å². The number of alkyl halides is 1. The van der Waals surface area contributed by atoms with Crippen LogP contribution in [0.25, 0.3) is 0 Å². The van der Waals surface area contributed by atoms with Crippen molar-refractivity contribution >= 4 is 17.5 Å². The smallest absolute Gasteiger partial charge is 0.228 e. The van der Waals surface area contributed by atoms with Gasteiger partial charge in [-0.3, -0.25) is 0 Å². The van der Waals surface area contributed by atoms with E-state index < -0.39 is 0 Å². The SMILES string of the molecule is COc1cc(C)nc(N(C)C(C)CCl)n1. The highest BCUT2D eigenvalue weighted by atomic mass is 35.5. The fourth-order valence-electron chi connectivity index (χ4n) is 1.09.